The van der Waals surface area contributed by atoms with E-state index in [1.54, 1.807) is 29.0 Å². The van der Waals surface area contributed by atoms with Crippen molar-refractivity contribution in [3.8, 4) is 5.75 Å². The quantitative estimate of drug-likeness (QED) is 0.478. The first-order chi connectivity index (χ1) is 17.3. The number of anilines is 1. The minimum Gasteiger partial charge on any atom is -0.497 e. The number of benzene rings is 1. The van der Waals surface area contributed by atoms with Gasteiger partial charge >= 0.3 is 5.97 Å². The van der Waals surface area contributed by atoms with Gasteiger partial charge in [-0.2, -0.15) is 0 Å². The first-order valence-electron chi connectivity index (χ1n) is 12.4. The number of methoxy groups -OCH3 is 1. The largest absolute Gasteiger partial charge is 0.497 e. The maximum Gasteiger partial charge on any atom is 0.311 e. The lowest BCUT2D eigenvalue weighted by molar-refractivity contribution is -0.153. The van der Waals surface area contributed by atoms with E-state index in [1.807, 2.05) is 50.3 Å². The molecule has 4 aliphatic heterocycles. The first kappa shape index (κ1) is 24.9. The van der Waals surface area contributed by atoms with Crippen LogP contribution in [0, 0.1) is 17.8 Å². The summed E-state index contributed by atoms with van der Waals surface area (Å²) in [7, 11) is 1.59. The highest BCUT2D eigenvalue weighted by atomic mass is 32.2. The van der Waals surface area contributed by atoms with Crippen LogP contribution in [0.5, 0.6) is 5.75 Å². The summed E-state index contributed by atoms with van der Waals surface area (Å²) < 4.78 is 9.84. The summed E-state index contributed by atoms with van der Waals surface area (Å²) in [6.45, 7) is 4.19. The average molecular weight is 513 g/mol. The maximum absolute atomic E-state index is 14.4. The summed E-state index contributed by atoms with van der Waals surface area (Å²) in [5.41, 5.74) is 0.691. The molecule has 1 N–H and O–H groups in total. The van der Waals surface area contributed by atoms with Gasteiger partial charge in [-0.15, -0.1) is 11.8 Å². The lowest BCUT2D eigenvalue weighted by Gasteiger charge is -2.39. The molecular formula is C27H32N2O6S. The van der Waals surface area contributed by atoms with Gasteiger partial charge in [0.1, 0.15) is 11.8 Å². The number of amides is 2. The molecule has 0 aliphatic carbocycles. The second-order valence-corrected chi connectivity index (χ2v) is 11.5. The van der Waals surface area contributed by atoms with Crippen LogP contribution in [0.1, 0.15) is 20.3 Å². The second kappa shape index (κ2) is 9.59. The van der Waals surface area contributed by atoms with Crippen LogP contribution in [-0.2, 0) is 19.1 Å². The standard InChI is InChI=1S/C27H32N2O6S/c1-16(2)19(15-30)29-23-25(32)28(17-8-10-18(34-3)11-9-17)13-6-12-27(23)22(24(29)31)21-20(36-27)7-4-5-14-35-26(21)33/h4,6-12,16,19-23,30H,5,13-15H2,1-3H3/t19-,20-,21+,22-,23?,27-/m0/s1. The molecule has 8 nitrogen and oxygen atoms in total. The van der Waals surface area contributed by atoms with Crippen molar-refractivity contribution in [2.75, 3.05) is 31.8 Å². The summed E-state index contributed by atoms with van der Waals surface area (Å²) in [5, 5.41) is 10.1. The zero-order valence-corrected chi connectivity index (χ0v) is 21.5. The predicted octanol–water partition coefficient (Wildman–Crippen LogP) is 2.42. The number of fused-ring (bicyclic) bond motifs is 2. The molecule has 4 heterocycles. The van der Waals surface area contributed by atoms with Crippen LogP contribution in [0.2, 0.25) is 0 Å². The summed E-state index contributed by atoms with van der Waals surface area (Å²) in [6.07, 6.45) is 8.50. The minimum atomic E-state index is -0.944. The van der Waals surface area contributed by atoms with Gasteiger partial charge in [0.2, 0.25) is 5.91 Å². The number of aliphatic hydroxyl groups excluding tert-OH is 1. The van der Waals surface area contributed by atoms with E-state index in [0.717, 1.165) is 0 Å². The van der Waals surface area contributed by atoms with Crippen LogP contribution in [0.15, 0.2) is 48.6 Å². The van der Waals surface area contributed by atoms with Crippen molar-refractivity contribution in [2.45, 2.75) is 42.3 Å². The third kappa shape index (κ3) is 3.75. The SMILES string of the molecule is COc1ccc(N2CC=C[C@]34S[C@H]5C=CCCOC(=O)[C@H]5[C@H]3C(=O)N([C@@H](CO)C(C)C)C4C2=O)cc1. The number of hydrogen-bond donors (Lipinski definition) is 1. The highest BCUT2D eigenvalue weighted by Crippen LogP contribution is 2.61. The van der Waals surface area contributed by atoms with E-state index in [2.05, 4.69) is 0 Å². The smallest absolute Gasteiger partial charge is 0.311 e. The third-order valence-electron chi connectivity index (χ3n) is 7.76. The van der Waals surface area contributed by atoms with Crippen LogP contribution >= 0.6 is 11.8 Å². The number of likely N-dealkylation sites (tertiary alicyclic amines) is 1. The molecule has 4 aliphatic rings. The Morgan fingerprint density at radius 1 is 1.17 bits per heavy atom. The molecule has 1 aromatic rings. The topological polar surface area (TPSA) is 96.4 Å². The van der Waals surface area contributed by atoms with Crippen LogP contribution in [0.3, 0.4) is 0 Å². The normalized spacial score (nSPS) is 32.4. The fourth-order valence-corrected chi connectivity index (χ4v) is 8.01. The number of cyclic esters (lactones) is 1. The molecule has 2 amide bonds. The fourth-order valence-electron chi connectivity index (χ4n) is 6.02. The molecule has 2 saturated heterocycles. The first-order valence-corrected chi connectivity index (χ1v) is 13.3. The van der Waals surface area contributed by atoms with Gasteiger partial charge in [0.25, 0.3) is 5.91 Å². The van der Waals surface area contributed by atoms with Crippen molar-refractivity contribution in [3.05, 3.63) is 48.6 Å². The molecule has 0 aromatic heterocycles. The second-order valence-electron chi connectivity index (χ2n) is 10.0. The van der Waals surface area contributed by atoms with Crippen molar-refractivity contribution in [1.82, 2.24) is 4.90 Å². The van der Waals surface area contributed by atoms with Crippen LogP contribution < -0.4 is 9.64 Å². The number of carbonyl (C=O) groups excluding carboxylic acids is 3. The Morgan fingerprint density at radius 3 is 2.58 bits per heavy atom. The average Bonchev–Trinajstić information content (AvgIpc) is 3.23. The van der Waals surface area contributed by atoms with Crippen LogP contribution in [0.4, 0.5) is 5.69 Å². The zero-order chi connectivity index (χ0) is 25.6. The van der Waals surface area contributed by atoms with Gasteiger partial charge < -0.3 is 24.4 Å². The predicted molar refractivity (Wildman–Crippen MR) is 137 cm³/mol. The number of thioether (sulfide) groups is 1. The molecule has 36 heavy (non-hydrogen) atoms. The van der Waals surface area contributed by atoms with Crippen molar-refractivity contribution >= 4 is 35.2 Å². The molecular weight excluding hydrogens is 480 g/mol. The molecule has 1 spiro atoms. The van der Waals surface area contributed by atoms with Crippen LogP contribution in [0.25, 0.3) is 0 Å². The van der Waals surface area contributed by atoms with Crippen LogP contribution in [-0.4, -0.2) is 76.7 Å². The molecule has 2 fully saturated rings. The number of hydrogen-bond acceptors (Lipinski definition) is 7. The number of carbonyl (C=O) groups is 3. The Labute approximate surface area is 215 Å². The van der Waals surface area contributed by atoms with E-state index < -0.39 is 34.6 Å². The molecule has 5 rings (SSSR count). The minimum absolute atomic E-state index is 0.0886. The Morgan fingerprint density at radius 2 is 1.92 bits per heavy atom. The Hall–Kier alpha value is -2.78. The molecule has 0 radical (unpaired) electrons. The molecule has 0 bridgehead atoms. The van der Waals surface area contributed by atoms with Crippen molar-refractivity contribution in [2.24, 2.45) is 17.8 Å². The molecule has 1 unspecified atom stereocenters. The zero-order valence-electron chi connectivity index (χ0n) is 20.7. The Balaban J connectivity index is 1.64. The molecule has 192 valence electrons. The van der Waals surface area contributed by atoms with E-state index in [-0.39, 0.29) is 36.2 Å². The van der Waals surface area contributed by atoms with Gasteiger partial charge in [-0.25, -0.2) is 0 Å². The van der Waals surface area contributed by atoms with Crippen molar-refractivity contribution in [3.63, 3.8) is 0 Å². The van der Waals surface area contributed by atoms with E-state index in [0.29, 0.717) is 24.4 Å². The van der Waals surface area contributed by atoms with Gasteiger partial charge in [-0.3, -0.25) is 14.4 Å². The van der Waals surface area contributed by atoms with Crippen molar-refractivity contribution < 1.29 is 29.0 Å². The molecule has 0 saturated carbocycles. The maximum atomic E-state index is 14.4. The summed E-state index contributed by atoms with van der Waals surface area (Å²) in [5.74, 6) is -1.74. The number of nitrogens with zero attached hydrogens (tertiary/aromatic N) is 2. The number of esters is 1. The molecule has 6 atom stereocenters. The Bertz CT molecular complexity index is 1100. The lowest BCUT2D eigenvalue weighted by Crippen LogP contribution is -2.57. The van der Waals surface area contributed by atoms with Gasteiger partial charge in [0, 0.05) is 17.5 Å². The highest BCUT2D eigenvalue weighted by Gasteiger charge is 2.71. The molecule has 9 heteroatoms. The molecule has 1 aromatic carbocycles. The van der Waals surface area contributed by atoms with E-state index in [4.69, 9.17) is 9.47 Å². The number of ether oxygens (including phenoxy) is 2. The van der Waals surface area contributed by atoms with Gasteiger partial charge in [-0.1, -0.05) is 38.2 Å². The monoisotopic (exact) mass is 512 g/mol. The summed E-state index contributed by atoms with van der Waals surface area (Å²) >= 11 is 1.50. The van der Waals surface area contributed by atoms with Crippen molar-refractivity contribution in [1.29, 1.82) is 0 Å². The van der Waals surface area contributed by atoms with Gasteiger partial charge in [-0.05, 0) is 36.6 Å². The lowest BCUT2D eigenvalue weighted by atomic mass is 9.78. The number of rotatable bonds is 5. The van der Waals surface area contributed by atoms with Gasteiger partial charge in [0.15, 0.2) is 0 Å². The Kier molecular flexibility index (Phi) is 6.63. The summed E-state index contributed by atoms with van der Waals surface area (Å²) in [4.78, 5) is 45.0. The van der Waals surface area contributed by atoms with E-state index in [1.165, 1.54) is 11.8 Å². The van der Waals surface area contributed by atoms with E-state index >= 15 is 0 Å². The van der Waals surface area contributed by atoms with Gasteiger partial charge in [0.05, 0.1) is 42.9 Å². The third-order valence-corrected chi connectivity index (χ3v) is 9.50. The highest BCUT2D eigenvalue weighted by molar-refractivity contribution is 8.02. The summed E-state index contributed by atoms with van der Waals surface area (Å²) in [6, 6.07) is 5.81. The van der Waals surface area contributed by atoms with E-state index in [9.17, 15) is 19.5 Å². The number of aliphatic hydroxyl groups is 1. The fraction of sp³-hybridized carbons (Fsp3) is 0.519.